The molecule has 1 aliphatic rings. The average molecular weight is 307 g/mol. The predicted molar refractivity (Wildman–Crippen MR) is 77.9 cm³/mol. The Labute approximate surface area is 125 Å². The van der Waals surface area contributed by atoms with Crippen molar-refractivity contribution in [1.29, 1.82) is 0 Å². The zero-order chi connectivity index (χ0) is 14.8. The second-order valence-corrected chi connectivity index (χ2v) is 5.99. The van der Waals surface area contributed by atoms with Gasteiger partial charge in [-0.3, -0.25) is 9.36 Å². The van der Waals surface area contributed by atoms with Crippen molar-refractivity contribution >= 4 is 17.2 Å². The van der Waals surface area contributed by atoms with Crippen molar-refractivity contribution in [1.82, 2.24) is 18.9 Å². The third-order valence-electron chi connectivity index (χ3n) is 3.55. The Kier molecular flexibility index (Phi) is 3.87. The number of carbonyl (C=O) groups excluding carboxylic acids is 1. The molecule has 7 nitrogen and oxygen atoms in total. The van der Waals surface area contributed by atoms with Gasteiger partial charge in [-0.05, 0) is 12.8 Å². The number of nitrogens with zero attached hydrogens (tertiary/aromatic N) is 5. The van der Waals surface area contributed by atoms with Gasteiger partial charge in [0.2, 0.25) is 0 Å². The van der Waals surface area contributed by atoms with Gasteiger partial charge in [-0.1, -0.05) is 6.42 Å². The number of fused-ring (bicyclic) bond motifs is 1. The molecule has 8 heteroatoms. The van der Waals surface area contributed by atoms with Crippen LogP contribution >= 0.6 is 11.3 Å². The van der Waals surface area contributed by atoms with Crippen LogP contribution in [0.4, 0.5) is 0 Å². The van der Waals surface area contributed by atoms with E-state index in [0.717, 1.165) is 31.5 Å². The summed E-state index contributed by atoms with van der Waals surface area (Å²) in [6.07, 6.45) is 5.78. The summed E-state index contributed by atoms with van der Waals surface area (Å²) in [5.41, 5.74) is -0.203. The lowest BCUT2D eigenvalue weighted by Crippen LogP contribution is -2.28. The van der Waals surface area contributed by atoms with E-state index in [9.17, 15) is 9.59 Å². The summed E-state index contributed by atoms with van der Waals surface area (Å²) in [5, 5.41) is 6.14. The van der Waals surface area contributed by atoms with Gasteiger partial charge >= 0.3 is 5.69 Å². The van der Waals surface area contributed by atoms with E-state index in [1.807, 2.05) is 18.6 Å². The number of aromatic nitrogens is 4. The number of carbonyl (C=O) groups is 1. The zero-order valence-electron chi connectivity index (χ0n) is 11.9. The van der Waals surface area contributed by atoms with Crippen LogP contribution in [0.5, 0.6) is 0 Å². The van der Waals surface area contributed by atoms with Crippen molar-refractivity contribution in [2.75, 3.05) is 0 Å². The van der Waals surface area contributed by atoms with Gasteiger partial charge in [0.25, 0.3) is 5.91 Å². The van der Waals surface area contributed by atoms with Crippen LogP contribution in [0, 0.1) is 0 Å². The first kappa shape index (κ1) is 14.0. The van der Waals surface area contributed by atoms with Gasteiger partial charge in [-0.2, -0.15) is 10.1 Å². The maximum atomic E-state index is 12.2. The van der Waals surface area contributed by atoms with Crippen LogP contribution in [-0.4, -0.2) is 24.8 Å². The molecule has 0 radical (unpaired) electrons. The fourth-order valence-corrected chi connectivity index (χ4v) is 3.18. The van der Waals surface area contributed by atoms with Crippen molar-refractivity contribution in [3.05, 3.63) is 32.7 Å². The molecule has 21 heavy (non-hydrogen) atoms. The molecule has 112 valence electrons. The molecule has 0 bridgehead atoms. The molecule has 0 aromatic carbocycles. The Morgan fingerprint density at radius 1 is 1.43 bits per heavy atom. The highest BCUT2D eigenvalue weighted by molar-refractivity contribution is 7.07. The van der Waals surface area contributed by atoms with Gasteiger partial charge in [0.15, 0.2) is 4.80 Å². The molecule has 0 atom stereocenters. The Morgan fingerprint density at radius 3 is 3.05 bits per heavy atom. The smallest absolute Gasteiger partial charge is 0.327 e. The molecule has 0 spiro atoms. The monoisotopic (exact) mass is 307 g/mol. The summed E-state index contributed by atoms with van der Waals surface area (Å²) >= 11 is 1.39. The minimum atomic E-state index is -0.358. The number of hydrogen-bond acceptors (Lipinski definition) is 4. The van der Waals surface area contributed by atoms with E-state index < -0.39 is 0 Å². The largest absolute Gasteiger partial charge is 0.346 e. The van der Waals surface area contributed by atoms with E-state index in [4.69, 9.17) is 0 Å². The summed E-state index contributed by atoms with van der Waals surface area (Å²) < 4.78 is 4.69. The number of thiazole rings is 1. The number of amides is 1. The molecule has 3 heterocycles. The van der Waals surface area contributed by atoms with Gasteiger partial charge in [-0.25, -0.2) is 9.48 Å². The fourth-order valence-electron chi connectivity index (χ4n) is 2.43. The van der Waals surface area contributed by atoms with E-state index in [-0.39, 0.29) is 18.1 Å². The number of hydrogen-bond donors (Lipinski definition) is 0. The quantitative estimate of drug-likeness (QED) is 0.801. The van der Waals surface area contributed by atoms with E-state index in [1.54, 1.807) is 9.13 Å². The van der Waals surface area contributed by atoms with Gasteiger partial charge in [0.1, 0.15) is 12.4 Å². The van der Waals surface area contributed by atoms with Gasteiger partial charge in [-0.15, -0.1) is 11.3 Å². The molecular weight excluding hydrogens is 290 g/mol. The molecule has 0 aliphatic carbocycles. The van der Waals surface area contributed by atoms with Crippen LogP contribution in [0.15, 0.2) is 21.4 Å². The minimum Gasteiger partial charge on any atom is -0.327 e. The van der Waals surface area contributed by atoms with Crippen LogP contribution in [0.2, 0.25) is 0 Å². The fraction of sp³-hybridized carbons (Fsp3) is 0.538. The Bertz CT molecular complexity index is 779. The third-order valence-corrected chi connectivity index (χ3v) is 4.39. The maximum absolute atomic E-state index is 12.2. The van der Waals surface area contributed by atoms with E-state index >= 15 is 0 Å². The summed E-state index contributed by atoms with van der Waals surface area (Å²) in [7, 11) is 1.83. The van der Waals surface area contributed by atoms with Crippen molar-refractivity contribution in [2.24, 2.45) is 12.0 Å². The highest BCUT2D eigenvalue weighted by Crippen LogP contribution is 2.10. The summed E-state index contributed by atoms with van der Waals surface area (Å²) in [5.74, 6) is 0.426. The van der Waals surface area contributed by atoms with Crippen molar-refractivity contribution in [3.63, 3.8) is 0 Å². The lowest BCUT2D eigenvalue weighted by Gasteiger charge is -1.97. The van der Waals surface area contributed by atoms with Crippen LogP contribution in [0.1, 0.15) is 25.1 Å². The third kappa shape index (κ3) is 2.90. The summed E-state index contributed by atoms with van der Waals surface area (Å²) in [6.45, 7) is 0.593. The number of aryl methyl sites for hydroxylation is 2. The maximum Gasteiger partial charge on any atom is 0.346 e. The highest BCUT2D eigenvalue weighted by Gasteiger charge is 2.16. The summed E-state index contributed by atoms with van der Waals surface area (Å²) in [6, 6.07) is 0. The Hall–Kier alpha value is -1.96. The molecule has 2 aromatic rings. The van der Waals surface area contributed by atoms with Crippen LogP contribution in [0.25, 0.3) is 0 Å². The molecule has 0 saturated carbocycles. The Balaban J connectivity index is 1.84. The lowest BCUT2D eigenvalue weighted by atomic mass is 10.2. The average Bonchev–Trinajstić information content (AvgIpc) is 2.87. The van der Waals surface area contributed by atoms with Gasteiger partial charge in [0, 0.05) is 31.6 Å². The first-order valence-corrected chi connectivity index (χ1v) is 7.87. The zero-order valence-corrected chi connectivity index (χ0v) is 12.7. The molecule has 0 N–H and O–H groups in total. The second kappa shape index (κ2) is 5.80. The SMILES string of the molecule is Cn1ccsc1=NC(=O)Cn1nc2n(c1=O)CCCCC2. The molecule has 3 rings (SSSR count). The normalized spacial score (nSPS) is 15.8. The molecule has 0 saturated heterocycles. The summed E-state index contributed by atoms with van der Waals surface area (Å²) in [4.78, 5) is 28.9. The van der Waals surface area contributed by atoms with E-state index in [0.29, 0.717) is 11.3 Å². The molecular formula is C13H17N5O2S. The predicted octanol–water partition coefficient (Wildman–Crippen LogP) is 0.299. The highest BCUT2D eigenvalue weighted by atomic mass is 32.1. The molecule has 0 unspecified atom stereocenters. The molecule has 0 fully saturated rings. The second-order valence-electron chi connectivity index (χ2n) is 5.12. The van der Waals surface area contributed by atoms with Crippen LogP contribution < -0.4 is 10.5 Å². The van der Waals surface area contributed by atoms with Crippen LogP contribution in [-0.2, 0) is 31.4 Å². The first-order valence-electron chi connectivity index (χ1n) is 6.99. The topological polar surface area (TPSA) is 74.2 Å². The molecule has 2 aromatic heterocycles. The molecule has 1 aliphatic heterocycles. The van der Waals surface area contributed by atoms with Gasteiger partial charge in [0.05, 0.1) is 0 Å². The van der Waals surface area contributed by atoms with Gasteiger partial charge < -0.3 is 4.57 Å². The van der Waals surface area contributed by atoms with Crippen molar-refractivity contribution in [2.45, 2.75) is 38.8 Å². The Morgan fingerprint density at radius 2 is 2.29 bits per heavy atom. The van der Waals surface area contributed by atoms with E-state index in [1.165, 1.54) is 16.0 Å². The first-order chi connectivity index (χ1) is 10.1. The van der Waals surface area contributed by atoms with Crippen LogP contribution in [0.3, 0.4) is 0 Å². The molecule has 1 amide bonds. The minimum absolute atomic E-state index is 0.100. The van der Waals surface area contributed by atoms with Crippen molar-refractivity contribution in [3.8, 4) is 0 Å². The number of rotatable bonds is 2. The van der Waals surface area contributed by atoms with Crippen molar-refractivity contribution < 1.29 is 4.79 Å². The standard InChI is InChI=1S/C13H17N5O2S/c1-16-7-8-21-12(16)14-11(19)9-18-13(20)17-6-4-2-3-5-10(17)15-18/h7-8H,2-6,9H2,1H3. The van der Waals surface area contributed by atoms with E-state index in [2.05, 4.69) is 10.1 Å². The lowest BCUT2D eigenvalue weighted by molar-refractivity contribution is -0.118.